The van der Waals surface area contributed by atoms with Crippen LogP contribution in [-0.2, 0) is 21.0 Å². The summed E-state index contributed by atoms with van der Waals surface area (Å²) in [5.74, 6) is 4.85. The van der Waals surface area contributed by atoms with E-state index < -0.39 is 15.2 Å². The van der Waals surface area contributed by atoms with Gasteiger partial charge in [-0.1, -0.05) is 6.07 Å². The molecule has 1 amide bonds. The molecule has 3 N–H and O–H groups in total. The van der Waals surface area contributed by atoms with E-state index >= 15 is 0 Å². The summed E-state index contributed by atoms with van der Waals surface area (Å²) in [4.78, 5) is 40.6. The molecule has 0 radical (unpaired) electrons. The zero-order valence-corrected chi connectivity index (χ0v) is 24.5. The van der Waals surface area contributed by atoms with E-state index in [1.807, 2.05) is 35.2 Å². The number of carbonyl (C=O) groups excluding carboxylic acids is 1. The highest BCUT2D eigenvalue weighted by Crippen LogP contribution is 2.34. The Kier molecular flexibility index (Phi) is 7.64. The van der Waals surface area contributed by atoms with Gasteiger partial charge in [0.25, 0.3) is 0 Å². The van der Waals surface area contributed by atoms with Gasteiger partial charge in [0.15, 0.2) is 11.5 Å². The molecule has 6 heterocycles. The van der Waals surface area contributed by atoms with Crippen molar-refractivity contribution in [2.75, 3.05) is 38.2 Å². The number of amides is 1. The fourth-order valence-corrected chi connectivity index (χ4v) is 7.27. The highest BCUT2D eigenvalue weighted by Gasteiger charge is 2.45. The number of hydrogen-bond acceptors (Lipinski definition) is 9. The minimum absolute atomic E-state index is 0.00629. The van der Waals surface area contributed by atoms with E-state index in [9.17, 15) is 9.00 Å². The van der Waals surface area contributed by atoms with Gasteiger partial charge in [-0.05, 0) is 55.8 Å². The third-order valence-corrected chi connectivity index (χ3v) is 8.94. The van der Waals surface area contributed by atoms with Crippen LogP contribution in [0.2, 0.25) is 0 Å². The third-order valence-electron chi connectivity index (χ3n) is 8.12. The van der Waals surface area contributed by atoms with Crippen LogP contribution in [0.1, 0.15) is 37.3 Å². The van der Waals surface area contributed by atoms with E-state index in [4.69, 9.17) is 10.7 Å². The van der Waals surface area contributed by atoms with Crippen LogP contribution < -0.4 is 10.5 Å². The molecule has 1 atom stereocenters. The van der Waals surface area contributed by atoms with Gasteiger partial charge in [0.2, 0.25) is 11.9 Å². The molecule has 0 aliphatic carbocycles. The molecule has 0 aromatic carbocycles. The zero-order valence-electron chi connectivity index (χ0n) is 23.7. The number of hydrogen-bond donors (Lipinski definition) is 2. The first kappa shape index (κ1) is 28.2. The molecule has 2 fully saturated rings. The second-order valence-corrected chi connectivity index (χ2v) is 13.5. The van der Waals surface area contributed by atoms with Crippen LogP contribution in [0.15, 0.2) is 55.1 Å². The SMILES string of the molecule is C=S(C)(=O)NC1(C(=O)N2CCC(n3c(-c4ccccn4)nc4cccnc43)CC2)CCN(Cc2cnc(N)nc2)CC1. The summed E-state index contributed by atoms with van der Waals surface area (Å²) in [6.45, 7) is 3.14. The Hall–Kier alpha value is -3.94. The lowest BCUT2D eigenvalue weighted by Gasteiger charge is -2.45. The Bertz CT molecular complexity index is 1660. The Labute approximate surface area is 245 Å². The molecule has 220 valence electrons. The molecular weight excluding hydrogens is 552 g/mol. The topological polar surface area (TPSA) is 148 Å². The molecule has 12 nitrogen and oxygen atoms in total. The summed E-state index contributed by atoms with van der Waals surface area (Å²) in [6.07, 6.45) is 11.1. The molecule has 2 aliphatic rings. The van der Waals surface area contributed by atoms with Crippen LogP contribution >= 0.6 is 0 Å². The third kappa shape index (κ3) is 5.85. The van der Waals surface area contributed by atoms with Gasteiger partial charge in [0.1, 0.15) is 16.7 Å². The zero-order chi connectivity index (χ0) is 29.3. The number of piperidine rings is 2. The molecule has 2 aliphatic heterocycles. The van der Waals surface area contributed by atoms with Gasteiger partial charge in [-0.15, -0.1) is 0 Å². The van der Waals surface area contributed by atoms with Crippen LogP contribution in [0.25, 0.3) is 22.7 Å². The summed E-state index contributed by atoms with van der Waals surface area (Å²) < 4.78 is 18.3. The summed E-state index contributed by atoms with van der Waals surface area (Å²) in [5.41, 5.74) is 8.09. The quantitative estimate of drug-likeness (QED) is 0.309. The molecule has 42 heavy (non-hydrogen) atoms. The largest absolute Gasteiger partial charge is 0.368 e. The van der Waals surface area contributed by atoms with Crippen LogP contribution in [0.4, 0.5) is 5.95 Å². The van der Waals surface area contributed by atoms with Crippen LogP contribution in [0.3, 0.4) is 0 Å². The van der Waals surface area contributed by atoms with Crippen molar-refractivity contribution in [3.05, 3.63) is 60.7 Å². The number of nitrogen functional groups attached to an aromatic ring is 1. The van der Waals surface area contributed by atoms with Crippen molar-refractivity contribution in [3.63, 3.8) is 0 Å². The fourth-order valence-electron chi connectivity index (χ4n) is 6.15. The first-order chi connectivity index (χ1) is 20.2. The first-order valence-corrected chi connectivity index (χ1v) is 16.3. The normalized spacial score (nSPS) is 19.5. The van der Waals surface area contributed by atoms with Crippen molar-refractivity contribution in [2.24, 2.45) is 0 Å². The molecule has 0 saturated carbocycles. The van der Waals surface area contributed by atoms with E-state index in [1.54, 1.807) is 31.0 Å². The van der Waals surface area contributed by atoms with E-state index in [2.05, 4.69) is 40.0 Å². The average molecular weight is 589 g/mol. The molecule has 4 aromatic heterocycles. The van der Waals surface area contributed by atoms with E-state index in [1.165, 1.54) is 0 Å². The van der Waals surface area contributed by atoms with Crippen molar-refractivity contribution in [2.45, 2.75) is 43.8 Å². The maximum Gasteiger partial charge on any atom is 0.243 e. The van der Waals surface area contributed by atoms with Crippen molar-refractivity contribution in [1.82, 2.24) is 44.0 Å². The maximum atomic E-state index is 14.2. The van der Waals surface area contributed by atoms with Crippen LogP contribution in [-0.4, -0.2) is 93.2 Å². The van der Waals surface area contributed by atoms with Gasteiger partial charge in [0, 0.05) is 85.1 Å². The van der Waals surface area contributed by atoms with Crippen molar-refractivity contribution in [3.8, 4) is 11.5 Å². The van der Waals surface area contributed by atoms with Crippen molar-refractivity contribution in [1.29, 1.82) is 0 Å². The number of nitrogens with zero attached hydrogens (tertiary/aromatic N) is 8. The average Bonchev–Trinajstić information content (AvgIpc) is 3.38. The number of nitrogens with one attached hydrogen (secondary N) is 1. The number of anilines is 1. The van der Waals surface area contributed by atoms with Gasteiger partial charge >= 0.3 is 0 Å². The summed E-state index contributed by atoms with van der Waals surface area (Å²) in [7, 11) is -2.63. The predicted octanol–water partition coefficient (Wildman–Crippen LogP) is 1.91. The number of aromatic nitrogens is 6. The van der Waals surface area contributed by atoms with Gasteiger partial charge < -0.3 is 15.2 Å². The second kappa shape index (κ2) is 11.4. The highest BCUT2D eigenvalue weighted by molar-refractivity contribution is 7.97. The minimum atomic E-state index is -2.63. The molecular formula is C29H36N10O2S. The first-order valence-electron chi connectivity index (χ1n) is 14.1. The Morgan fingerprint density at radius 1 is 1.05 bits per heavy atom. The Balaban J connectivity index is 1.18. The number of rotatable bonds is 7. The minimum Gasteiger partial charge on any atom is -0.368 e. The van der Waals surface area contributed by atoms with Crippen LogP contribution in [0, 0.1) is 0 Å². The molecule has 0 bridgehead atoms. The molecule has 1 unspecified atom stereocenters. The van der Waals surface area contributed by atoms with Crippen molar-refractivity contribution >= 4 is 38.6 Å². The number of imidazole rings is 1. The van der Waals surface area contributed by atoms with Crippen molar-refractivity contribution < 1.29 is 9.00 Å². The Morgan fingerprint density at radius 3 is 2.43 bits per heavy atom. The maximum absolute atomic E-state index is 14.2. The molecule has 0 spiro atoms. The summed E-state index contributed by atoms with van der Waals surface area (Å²) in [6, 6.07) is 9.77. The molecule has 6 rings (SSSR count). The lowest BCUT2D eigenvalue weighted by molar-refractivity contribution is -0.141. The van der Waals surface area contributed by atoms with Gasteiger partial charge in [-0.25, -0.2) is 24.7 Å². The Morgan fingerprint density at radius 2 is 1.76 bits per heavy atom. The lowest BCUT2D eigenvalue weighted by atomic mass is 9.86. The summed E-state index contributed by atoms with van der Waals surface area (Å²) in [5, 5.41) is 0. The number of nitrogens with two attached hydrogens (primary N) is 1. The number of likely N-dealkylation sites (tertiary alicyclic amines) is 2. The van der Waals surface area contributed by atoms with E-state index in [0.29, 0.717) is 45.6 Å². The molecule has 13 heteroatoms. The van der Waals surface area contributed by atoms with E-state index in [-0.39, 0.29) is 17.9 Å². The second-order valence-electron chi connectivity index (χ2n) is 11.3. The van der Waals surface area contributed by atoms with Gasteiger partial charge in [0.05, 0.1) is 0 Å². The standard InChI is InChI=1S/C29H36N10O2S/c1-42(2,41)36-29(10-16-37(17-11-29)20-21-18-33-28(30)34-19-21)27(40)38-14-8-22(9-15-38)39-25-24(7-5-13-32-25)35-26(39)23-6-3-4-12-31-23/h3-7,12-13,18-19,22H,1,8-11,14-17,20H2,2H3,(H,36,41)(H2,30,33,34). The smallest absolute Gasteiger partial charge is 0.243 e. The van der Waals surface area contributed by atoms with Gasteiger partial charge in [-0.3, -0.25) is 18.9 Å². The fraction of sp³-hybridized carbons (Fsp3) is 0.414. The number of fused-ring (bicyclic) bond motifs is 1. The highest BCUT2D eigenvalue weighted by atomic mass is 32.2. The van der Waals surface area contributed by atoms with Crippen LogP contribution in [0.5, 0.6) is 0 Å². The number of carbonyl (C=O) groups is 1. The lowest BCUT2D eigenvalue weighted by Crippen LogP contribution is -2.64. The van der Waals surface area contributed by atoms with Gasteiger partial charge in [-0.2, -0.15) is 0 Å². The number of pyridine rings is 2. The molecule has 4 aromatic rings. The van der Waals surface area contributed by atoms with E-state index in [0.717, 1.165) is 41.1 Å². The monoisotopic (exact) mass is 588 g/mol. The molecule has 2 saturated heterocycles. The summed E-state index contributed by atoms with van der Waals surface area (Å²) >= 11 is 0. The predicted molar refractivity (Wildman–Crippen MR) is 164 cm³/mol.